The van der Waals surface area contributed by atoms with Gasteiger partial charge >= 0.3 is 24.1 Å². The zero-order chi connectivity index (χ0) is 32.2. The molecule has 4 bridgehead atoms. The molecule has 0 aliphatic carbocycles. The van der Waals surface area contributed by atoms with Crippen molar-refractivity contribution in [3.8, 4) is 0 Å². The minimum absolute atomic E-state index is 0.0397. The summed E-state index contributed by atoms with van der Waals surface area (Å²) in [4.78, 5) is 68.6. The zero-order valence-electron chi connectivity index (χ0n) is 26.6. The molecule has 12 heteroatoms. The molecule has 3 aliphatic rings. The van der Waals surface area contributed by atoms with Crippen LogP contribution < -0.4 is 5.32 Å². The Kier molecular flexibility index (Phi) is 10.1. The molecule has 44 heavy (non-hydrogen) atoms. The Labute approximate surface area is 258 Å². The van der Waals surface area contributed by atoms with Crippen LogP contribution in [0.25, 0.3) is 0 Å². The number of carbonyl (C=O) groups is 5. The molecule has 3 atom stereocenters. The van der Waals surface area contributed by atoms with Crippen LogP contribution in [0.5, 0.6) is 0 Å². The lowest BCUT2D eigenvalue weighted by atomic mass is 9.85. The predicted octanol–water partition coefficient (Wildman–Crippen LogP) is 4.18. The average molecular weight is 616 g/mol. The summed E-state index contributed by atoms with van der Waals surface area (Å²) in [6.45, 7) is 10.2. The number of nitrogens with zero attached hydrogens (tertiary/aromatic N) is 2. The standard InChI is InChI=1S/C32H45N3O9/c1-31(2,3)25-26(36)35-17-21(15-24(35)28(38)41-6)44-30(40)34-16-20-11-10-12-22(23(20)18-34)27(37)42-14-9-7-8-13-32(4,5)19-43-29(39)33-25/h10-12,21,24-25H,7-9,13-19H2,1-6H3,(H,33,39)/t21?,24-,25+/m0/s1. The fourth-order valence-corrected chi connectivity index (χ4v) is 5.88. The number of carbonyl (C=O) groups excluding carboxylic acids is 5. The number of nitrogens with one attached hydrogen (secondary N) is 1. The Morgan fingerprint density at radius 3 is 2.50 bits per heavy atom. The summed E-state index contributed by atoms with van der Waals surface area (Å²) >= 11 is 0. The number of methoxy groups -OCH3 is 1. The van der Waals surface area contributed by atoms with Crippen LogP contribution in [0.15, 0.2) is 18.2 Å². The van der Waals surface area contributed by atoms with Crippen LogP contribution in [0.1, 0.15) is 88.2 Å². The van der Waals surface area contributed by atoms with Crippen LogP contribution >= 0.6 is 0 Å². The SMILES string of the molecule is COC(=O)[C@@H]1CC2CN1C(=O)[C@H](C(C)(C)C)NC(=O)OCC(C)(C)CCCCCOC(=O)c1cccc3c1CN(C3)C(=O)O2. The quantitative estimate of drug-likeness (QED) is 0.364. The number of amides is 3. The van der Waals surface area contributed by atoms with Crippen LogP contribution in [0.4, 0.5) is 9.59 Å². The highest BCUT2D eigenvalue weighted by molar-refractivity contribution is 5.92. The summed E-state index contributed by atoms with van der Waals surface area (Å²) in [5, 5.41) is 2.72. The van der Waals surface area contributed by atoms with Crippen molar-refractivity contribution in [2.75, 3.05) is 26.9 Å². The van der Waals surface area contributed by atoms with Gasteiger partial charge in [-0.15, -0.1) is 0 Å². The zero-order valence-corrected chi connectivity index (χ0v) is 26.6. The molecule has 0 spiro atoms. The monoisotopic (exact) mass is 615 g/mol. The van der Waals surface area contributed by atoms with Crippen molar-refractivity contribution in [1.29, 1.82) is 0 Å². The molecule has 3 aliphatic heterocycles. The fourth-order valence-electron chi connectivity index (χ4n) is 5.88. The predicted molar refractivity (Wildman–Crippen MR) is 158 cm³/mol. The number of esters is 2. The van der Waals surface area contributed by atoms with E-state index in [0.29, 0.717) is 17.5 Å². The molecular formula is C32H45N3O9. The summed E-state index contributed by atoms with van der Waals surface area (Å²) < 4.78 is 21.9. The second-order valence-electron chi connectivity index (χ2n) is 13.7. The van der Waals surface area contributed by atoms with Gasteiger partial charge in [-0.3, -0.25) is 9.69 Å². The maximum Gasteiger partial charge on any atom is 0.410 e. The van der Waals surface area contributed by atoms with Crippen molar-refractivity contribution >= 4 is 30.0 Å². The van der Waals surface area contributed by atoms with Gasteiger partial charge in [0.2, 0.25) is 5.91 Å². The van der Waals surface area contributed by atoms with Crippen molar-refractivity contribution in [2.24, 2.45) is 10.8 Å². The Balaban J connectivity index is 1.59. The van der Waals surface area contributed by atoms with Crippen molar-refractivity contribution in [1.82, 2.24) is 15.1 Å². The van der Waals surface area contributed by atoms with Crippen molar-refractivity contribution in [3.05, 3.63) is 34.9 Å². The van der Waals surface area contributed by atoms with Crippen LogP contribution in [0.3, 0.4) is 0 Å². The number of fused-ring (bicyclic) bond motifs is 3. The smallest absolute Gasteiger partial charge is 0.410 e. The van der Waals surface area contributed by atoms with E-state index in [-0.39, 0.29) is 44.7 Å². The van der Waals surface area contributed by atoms with Gasteiger partial charge in [-0.25, -0.2) is 19.2 Å². The van der Waals surface area contributed by atoms with E-state index >= 15 is 0 Å². The molecule has 1 N–H and O–H groups in total. The van der Waals surface area contributed by atoms with Gasteiger partial charge in [-0.2, -0.15) is 0 Å². The highest BCUT2D eigenvalue weighted by atomic mass is 16.6. The van der Waals surface area contributed by atoms with E-state index in [0.717, 1.165) is 24.8 Å². The first kappa shape index (κ1) is 33.1. The van der Waals surface area contributed by atoms with E-state index < -0.39 is 53.6 Å². The molecule has 3 amide bonds. The summed E-state index contributed by atoms with van der Waals surface area (Å²) in [5.74, 6) is -1.58. The first-order valence-electron chi connectivity index (χ1n) is 15.3. The highest BCUT2D eigenvalue weighted by Crippen LogP contribution is 2.31. The number of alkyl carbamates (subject to hydrolysis) is 1. The van der Waals surface area contributed by atoms with E-state index in [2.05, 4.69) is 5.32 Å². The fraction of sp³-hybridized carbons (Fsp3) is 0.656. The molecule has 1 saturated heterocycles. The van der Waals surface area contributed by atoms with E-state index in [1.54, 1.807) is 32.9 Å². The molecule has 0 radical (unpaired) electrons. The minimum Gasteiger partial charge on any atom is -0.467 e. The first-order valence-corrected chi connectivity index (χ1v) is 15.3. The topological polar surface area (TPSA) is 141 Å². The Morgan fingerprint density at radius 1 is 1.05 bits per heavy atom. The van der Waals surface area contributed by atoms with Crippen LogP contribution in [0.2, 0.25) is 0 Å². The Morgan fingerprint density at radius 2 is 1.80 bits per heavy atom. The molecular weight excluding hydrogens is 570 g/mol. The summed E-state index contributed by atoms with van der Waals surface area (Å²) in [6.07, 6.45) is 1.03. The number of hydrogen-bond acceptors (Lipinski definition) is 9. The summed E-state index contributed by atoms with van der Waals surface area (Å²) in [6, 6.07) is 3.30. The number of rotatable bonds is 1. The molecule has 0 saturated carbocycles. The lowest BCUT2D eigenvalue weighted by Crippen LogP contribution is -2.57. The van der Waals surface area contributed by atoms with Gasteiger partial charge in [0, 0.05) is 13.0 Å². The van der Waals surface area contributed by atoms with E-state index in [1.807, 2.05) is 19.9 Å². The molecule has 12 nitrogen and oxygen atoms in total. The Bertz CT molecular complexity index is 1270. The second kappa shape index (κ2) is 13.4. The van der Waals surface area contributed by atoms with Gasteiger partial charge in [0.25, 0.3) is 0 Å². The lowest BCUT2D eigenvalue weighted by Gasteiger charge is -2.35. The van der Waals surface area contributed by atoms with E-state index in [1.165, 1.54) is 16.9 Å². The third kappa shape index (κ3) is 7.81. The van der Waals surface area contributed by atoms with Crippen molar-refractivity contribution in [3.63, 3.8) is 0 Å². The normalized spacial score (nSPS) is 25.5. The molecule has 3 heterocycles. The van der Waals surface area contributed by atoms with Gasteiger partial charge in [0.15, 0.2) is 0 Å². The van der Waals surface area contributed by atoms with E-state index in [4.69, 9.17) is 18.9 Å². The molecule has 1 fully saturated rings. The highest BCUT2D eigenvalue weighted by Gasteiger charge is 2.47. The number of ether oxygens (including phenoxy) is 4. The molecule has 1 aromatic carbocycles. The number of benzene rings is 1. The third-order valence-corrected chi connectivity index (χ3v) is 8.45. The first-order chi connectivity index (χ1) is 20.7. The van der Waals surface area contributed by atoms with Gasteiger partial charge in [-0.1, -0.05) is 59.6 Å². The van der Waals surface area contributed by atoms with Crippen LogP contribution in [-0.4, -0.2) is 84.9 Å². The van der Waals surface area contributed by atoms with E-state index in [9.17, 15) is 24.0 Å². The molecule has 1 aromatic rings. The number of hydrogen-bond donors (Lipinski definition) is 1. The molecule has 1 unspecified atom stereocenters. The van der Waals surface area contributed by atoms with Crippen molar-refractivity contribution in [2.45, 2.75) is 98.0 Å². The summed E-state index contributed by atoms with van der Waals surface area (Å²) in [7, 11) is 1.23. The maximum absolute atomic E-state index is 13.9. The van der Waals surface area contributed by atoms with Gasteiger partial charge in [0.1, 0.15) is 18.2 Å². The van der Waals surface area contributed by atoms with Crippen LogP contribution in [-0.2, 0) is 41.6 Å². The lowest BCUT2D eigenvalue weighted by molar-refractivity contribution is -0.152. The van der Waals surface area contributed by atoms with Crippen molar-refractivity contribution < 1.29 is 42.9 Å². The second-order valence-corrected chi connectivity index (χ2v) is 13.7. The average Bonchev–Trinajstić information content (AvgIpc) is 3.59. The minimum atomic E-state index is -1.02. The molecule has 0 aromatic heterocycles. The van der Waals surface area contributed by atoms with Gasteiger partial charge < -0.3 is 29.2 Å². The Hall–Kier alpha value is -3.83. The largest absolute Gasteiger partial charge is 0.467 e. The molecule has 242 valence electrons. The van der Waals surface area contributed by atoms with Gasteiger partial charge in [0.05, 0.1) is 39.0 Å². The van der Waals surface area contributed by atoms with Crippen LogP contribution in [0, 0.1) is 10.8 Å². The molecule has 4 rings (SSSR count). The third-order valence-electron chi connectivity index (χ3n) is 8.45. The number of cyclic esters (lactones) is 2. The summed E-state index contributed by atoms with van der Waals surface area (Å²) in [5.41, 5.74) is 0.918. The van der Waals surface area contributed by atoms with Gasteiger partial charge in [-0.05, 0) is 40.9 Å². The maximum atomic E-state index is 13.9.